The molecule has 1 saturated heterocycles. The number of anilines is 1. The summed E-state index contributed by atoms with van der Waals surface area (Å²) in [7, 11) is 0. The third-order valence-electron chi connectivity index (χ3n) is 5.35. The summed E-state index contributed by atoms with van der Waals surface area (Å²) in [4.78, 5) is 16.1. The number of hydrogen-bond donors (Lipinski definition) is 5. The number of aliphatic hydroxyl groups is 4. The van der Waals surface area contributed by atoms with Crippen LogP contribution in [-0.4, -0.2) is 74.3 Å². The minimum absolute atomic E-state index is 0.133. The van der Waals surface area contributed by atoms with Crippen molar-refractivity contribution in [2.24, 2.45) is 5.11 Å². The van der Waals surface area contributed by atoms with Gasteiger partial charge in [0.25, 0.3) is 5.69 Å². The van der Waals surface area contributed by atoms with E-state index >= 15 is 0 Å². The first-order chi connectivity index (χ1) is 15.3. The van der Waals surface area contributed by atoms with Gasteiger partial charge in [0.15, 0.2) is 0 Å². The summed E-state index contributed by atoms with van der Waals surface area (Å²) < 4.78 is 0. The molecule has 2 heterocycles. The largest absolute Gasteiger partial charge is 0.395 e. The van der Waals surface area contributed by atoms with E-state index in [2.05, 4.69) is 15.3 Å². The summed E-state index contributed by atoms with van der Waals surface area (Å²) >= 11 is 1.49. The number of azide groups is 1. The fraction of sp³-hybridized carbons (Fsp3) is 0.474. The van der Waals surface area contributed by atoms with E-state index in [0.29, 0.717) is 25.2 Å². The number of thiophene rings is 1. The highest BCUT2D eigenvalue weighted by Gasteiger charge is 2.40. The smallest absolute Gasteiger partial charge is 0.292 e. The maximum absolute atomic E-state index is 11.3. The summed E-state index contributed by atoms with van der Waals surface area (Å²) in [5.74, 6) is 0. The average Bonchev–Trinajstić information content (AvgIpc) is 3.20. The number of aliphatic hydroxyl groups excluding tert-OH is 4. The number of nitrogens with one attached hydrogen (secondary N) is 1. The number of piperidine rings is 1. The van der Waals surface area contributed by atoms with Crippen LogP contribution < -0.4 is 5.32 Å². The Kier molecular flexibility index (Phi) is 7.99. The van der Waals surface area contributed by atoms with Gasteiger partial charge >= 0.3 is 0 Å². The van der Waals surface area contributed by atoms with Crippen LogP contribution in [-0.2, 0) is 13.0 Å². The molecule has 12 nitrogen and oxygen atoms in total. The summed E-state index contributed by atoms with van der Waals surface area (Å²) in [5, 5.41) is 59.1. The normalized spacial score (nSPS) is 23.5. The zero-order valence-electron chi connectivity index (χ0n) is 17.0. The molecule has 0 saturated carbocycles. The molecule has 3 rings (SSSR count). The maximum atomic E-state index is 11.3. The van der Waals surface area contributed by atoms with Crippen molar-refractivity contribution in [2.45, 2.75) is 37.3 Å². The number of nitro benzene ring substituents is 1. The van der Waals surface area contributed by atoms with E-state index in [0.717, 1.165) is 10.4 Å². The number of hydrogen-bond acceptors (Lipinski definition) is 10. The van der Waals surface area contributed by atoms with E-state index in [1.807, 2.05) is 11.4 Å². The molecular formula is C19H24N6O6S. The third-order valence-corrected chi connectivity index (χ3v) is 6.32. The zero-order chi connectivity index (χ0) is 23.3. The molecule has 0 aliphatic carbocycles. The lowest BCUT2D eigenvalue weighted by molar-refractivity contribution is -0.383. The molecule has 1 aromatic heterocycles. The van der Waals surface area contributed by atoms with Gasteiger partial charge in [-0.05, 0) is 35.0 Å². The predicted molar refractivity (Wildman–Crippen MR) is 118 cm³/mol. The fourth-order valence-electron chi connectivity index (χ4n) is 3.68. The van der Waals surface area contributed by atoms with Gasteiger partial charge in [-0.25, -0.2) is 0 Å². The SMILES string of the molecule is [N-]=[N+]=Nc1ccc(NCCc2csc(CN3C[C@H](O)[C@@H](O)[C@H](O)[C@H]3CO)c2)c([N+](=O)[O-])c1. The summed E-state index contributed by atoms with van der Waals surface area (Å²) in [6, 6.07) is 5.49. The second kappa shape index (κ2) is 10.7. The minimum Gasteiger partial charge on any atom is -0.395 e. The van der Waals surface area contributed by atoms with Crippen molar-refractivity contribution in [1.82, 2.24) is 4.90 Å². The summed E-state index contributed by atoms with van der Waals surface area (Å²) in [5.41, 5.74) is 9.79. The standard InChI is InChI=1S/C19H24N6O6S/c20-23-22-12-1-2-14(15(6-12)25(30)31)21-4-3-11-5-13(32-10-11)7-24-8-17(27)19(29)18(28)16(24)9-26/h1-2,5-6,10,16-19,21,26-29H,3-4,7-9H2/t16-,17+,18-,19-/m1/s1. The van der Waals surface area contributed by atoms with E-state index in [1.165, 1.54) is 29.5 Å². The molecule has 2 aromatic rings. The molecular weight excluding hydrogens is 440 g/mol. The molecule has 0 unspecified atom stereocenters. The highest BCUT2D eigenvalue weighted by Crippen LogP contribution is 2.29. The van der Waals surface area contributed by atoms with Crippen molar-refractivity contribution in [1.29, 1.82) is 0 Å². The van der Waals surface area contributed by atoms with Gasteiger partial charge in [-0.1, -0.05) is 11.2 Å². The van der Waals surface area contributed by atoms with Gasteiger partial charge in [-0.2, -0.15) is 0 Å². The quantitative estimate of drug-likeness (QED) is 0.121. The Morgan fingerprint density at radius 1 is 1.31 bits per heavy atom. The summed E-state index contributed by atoms with van der Waals surface area (Å²) in [6.07, 6.45) is -3.04. The molecule has 1 fully saturated rings. The van der Waals surface area contributed by atoms with Crippen LogP contribution in [0.2, 0.25) is 0 Å². The van der Waals surface area contributed by atoms with E-state index in [1.54, 1.807) is 4.90 Å². The van der Waals surface area contributed by atoms with Gasteiger partial charge in [0.05, 0.1) is 23.7 Å². The second-order valence-corrected chi connectivity index (χ2v) is 8.47. The second-order valence-electron chi connectivity index (χ2n) is 7.47. The summed E-state index contributed by atoms with van der Waals surface area (Å²) in [6.45, 7) is 0.624. The van der Waals surface area contributed by atoms with E-state index < -0.39 is 29.3 Å². The van der Waals surface area contributed by atoms with Crippen molar-refractivity contribution < 1.29 is 25.3 Å². The van der Waals surface area contributed by atoms with Crippen LogP contribution in [0, 0.1) is 10.1 Å². The Morgan fingerprint density at radius 3 is 2.78 bits per heavy atom. The average molecular weight is 465 g/mol. The van der Waals surface area contributed by atoms with Crippen LogP contribution in [0.3, 0.4) is 0 Å². The lowest BCUT2D eigenvalue weighted by Crippen LogP contribution is -2.62. The maximum Gasteiger partial charge on any atom is 0.292 e. The van der Waals surface area contributed by atoms with Crippen molar-refractivity contribution in [3.63, 3.8) is 0 Å². The first kappa shape index (κ1) is 23.9. The Bertz CT molecular complexity index is 996. The molecule has 13 heteroatoms. The van der Waals surface area contributed by atoms with Crippen LogP contribution in [0.15, 0.2) is 34.8 Å². The highest BCUT2D eigenvalue weighted by molar-refractivity contribution is 7.10. The van der Waals surface area contributed by atoms with Crippen LogP contribution in [0.4, 0.5) is 17.1 Å². The fourth-order valence-corrected chi connectivity index (χ4v) is 4.62. The van der Waals surface area contributed by atoms with Gasteiger partial charge in [0.1, 0.15) is 17.9 Å². The Balaban J connectivity index is 1.59. The van der Waals surface area contributed by atoms with Crippen LogP contribution in [0.5, 0.6) is 0 Å². The van der Waals surface area contributed by atoms with Crippen molar-refractivity contribution in [2.75, 3.05) is 25.0 Å². The van der Waals surface area contributed by atoms with Crippen LogP contribution >= 0.6 is 11.3 Å². The number of likely N-dealkylation sites (tertiary alicyclic amines) is 1. The molecule has 0 amide bonds. The number of benzene rings is 1. The van der Waals surface area contributed by atoms with Gasteiger partial charge in [-0.3, -0.25) is 15.0 Å². The topological polar surface area (TPSA) is 188 Å². The Hall–Kier alpha value is -2.77. The molecule has 1 aromatic carbocycles. The molecule has 5 N–H and O–H groups in total. The predicted octanol–water partition coefficient (Wildman–Crippen LogP) is 1.51. The van der Waals surface area contributed by atoms with E-state index in [9.17, 15) is 30.5 Å². The number of nitrogens with zero attached hydrogens (tertiary/aromatic N) is 5. The molecule has 4 atom stereocenters. The lowest BCUT2D eigenvalue weighted by Gasteiger charge is -2.42. The number of rotatable bonds is 9. The van der Waals surface area contributed by atoms with Crippen molar-refractivity contribution in [3.8, 4) is 0 Å². The molecule has 32 heavy (non-hydrogen) atoms. The van der Waals surface area contributed by atoms with Crippen molar-refractivity contribution >= 4 is 28.4 Å². The molecule has 0 bridgehead atoms. The zero-order valence-corrected chi connectivity index (χ0v) is 17.8. The molecule has 0 spiro atoms. The minimum atomic E-state index is -1.29. The Labute approximate surface area is 187 Å². The molecule has 1 aliphatic rings. The monoisotopic (exact) mass is 464 g/mol. The number of β-amino-alcohol motifs (C(OH)–C–C–N with tert-alkyl or cyclic N) is 1. The van der Waals surface area contributed by atoms with Gasteiger partial charge < -0.3 is 25.7 Å². The van der Waals surface area contributed by atoms with Crippen LogP contribution in [0.1, 0.15) is 10.4 Å². The first-order valence-electron chi connectivity index (χ1n) is 9.86. The lowest BCUT2D eigenvalue weighted by atomic mass is 9.94. The molecule has 0 radical (unpaired) electrons. The van der Waals surface area contributed by atoms with Crippen molar-refractivity contribution in [3.05, 3.63) is 60.6 Å². The number of nitro groups is 1. The van der Waals surface area contributed by atoms with Gasteiger partial charge in [0.2, 0.25) is 0 Å². The van der Waals surface area contributed by atoms with Gasteiger partial charge in [-0.15, -0.1) is 11.3 Å². The third kappa shape index (κ3) is 5.53. The van der Waals surface area contributed by atoms with Gasteiger partial charge in [0, 0.05) is 41.2 Å². The first-order valence-corrected chi connectivity index (χ1v) is 10.7. The van der Waals surface area contributed by atoms with E-state index in [-0.39, 0.29) is 24.5 Å². The Morgan fingerprint density at radius 2 is 2.09 bits per heavy atom. The molecule has 172 valence electrons. The van der Waals surface area contributed by atoms with E-state index in [4.69, 9.17) is 5.53 Å². The molecule has 1 aliphatic heterocycles. The highest BCUT2D eigenvalue weighted by atomic mass is 32.1. The van der Waals surface area contributed by atoms with Crippen LogP contribution in [0.25, 0.3) is 10.4 Å².